The van der Waals surface area contributed by atoms with Crippen molar-refractivity contribution < 1.29 is 14.0 Å². The van der Waals surface area contributed by atoms with Crippen LogP contribution in [0.5, 0.6) is 11.5 Å². The Kier molecular flexibility index (Phi) is 8.71. The average molecular weight is 603 g/mol. The highest BCUT2D eigenvalue weighted by molar-refractivity contribution is 7.19. The van der Waals surface area contributed by atoms with Gasteiger partial charge in [-0.3, -0.25) is 0 Å². The van der Waals surface area contributed by atoms with Crippen LogP contribution in [0.25, 0.3) is 33.0 Å². The lowest BCUT2D eigenvalue weighted by atomic mass is 9.97. The maximum Gasteiger partial charge on any atom is 0.263 e. The Hall–Kier alpha value is -4.55. The molecule has 5 aromatic rings. The number of rotatable bonds is 10. The van der Waals surface area contributed by atoms with E-state index in [1.165, 1.54) is 43.4 Å². The van der Waals surface area contributed by atoms with Crippen molar-refractivity contribution in [2.75, 3.05) is 32.7 Å². The lowest BCUT2D eigenvalue weighted by Gasteiger charge is -2.38. The van der Waals surface area contributed by atoms with E-state index in [1.807, 2.05) is 18.2 Å². The van der Waals surface area contributed by atoms with Crippen LogP contribution in [0, 0.1) is 0 Å². The molecule has 6 heteroatoms. The second-order valence-electron chi connectivity index (χ2n) is 11.2. The van der Waals surface area contributed by atoms with Crippen molar-refractivity contribution in [1.29, 1.82) is 0 Å². The van der Waals surface area contributed by atoms with Gasteiger partial charge in [-0.05, 0) is 59.5 Å². The van der Waals surface area contributed by atoms with Crippen molar-refractivity contribution in [3.63, 3.8) is 0 Å². The zero-order chi connectivity index (χ0) is 30.6. The number of benzene rings is 4. The number of allylic oxidation sites excluding steroid dienone is 2. The topological polar surface area (TPSA) is 28.8 Å². The van der Waals surface area contributed by atoms with Crippen LogP contribution >= 0.6 is 11.3 Å². The van der Waals surface area contributed by atoms with Crippen LogP contribution in [0.2, 0.25) is 0 Å². The number of hydrogen-bond donors (Lipinski definition) is 0. The number of anilines is 1. The van der Waals surface area contributed by atoms with Crippen molar-refractivity contribution in [2.45, 2.75) is 26.3 Å². The molecule has 44 heavy (non-hydrogen) atoms. The fourth-order valence-corrected chi connectivity index (χ4v) is 7.11. The van der Waals surface area contributed by atoms with Gasteiger partial charge in [-0.15, -0.1) is 0 Å². The highest BCUT2D eigenvalue weighted by atomic mass is 32.1. The molecule has 2 heterocycles. The largest absolute Gasteiger partial charge is 0.496 e. The molecule has 4 aromatic carbocycles. The van der Waals surface area contributed by atoms with Crippen molar-refractivity contribution >= 4 is 38.9 Å². The minimum Gasteiger partial charge on any atom is -0.496 e. The van der Waals surface area contributed by atoms with Crippen molar-refractivity contribution in [1.82, 2.24) is 4.90 Å². The fourth-order valence-electron chi connectivity index (χ4n) is 5.97. The Morgan fingerprint density at radius 3 is 2.34 bits per heavy atom. The number of thiazole rings is 1. The van der Waals surface area contributed by atoms with E-state index in [2.05, 4.69) is 120 Å². The highest BCUT2D eigenvalue weighted by Gasteiger charge is 2.27. The highest BCUT2D eigenvalue weighted by Crippen LogP contribution is 2.41. The van der Waals surface area contributed by atoms with E-state index in [0.29, 0.717) is 0 Å². The first-order chi connectivity index (χ1) is 21.5. The number of aryl methyl sites for hydroxylation is 1. The van der Waals surface area contributed by atoms with Gasteiger partial charge in [0.25, 0.3) is 5.01 Å². The number of hydrogen-bond acceptors (Lipinski definition) is 5. The number of nitrogens with zero attached hydrogens (tertiary/aromatic N) is 3. The van der Waals surface area contributed by atoms with Crippen molar-refractivity contribution in [2.24, 2.45) is 7.05 Å². The summed E-state index contributed by atoms with van der Waals surface area (Å²) in [6.07, 6.45) is 7.03. The van der Waals surface area contributed by atoms with E-state index >= 15 is 0 Å². The molecule has 0 radical (unpaired) electrons. The van der Waals surface area contributed by atoms with Gasteiger partial charge in [-0.1, -0.05) is 79.3 Å². The number of unbranched alkanes of at least 4 members (excludes halogenated alkanes) is 1. The van der Waals surface area contributed by atoms with Gasteiger partial charge in [0.15, 0.2) is 0 Å². The molecule has 6 rings (SSSR count). The molecule has 0 amide bonds. The Morgan fingerprint density at radius 1 is 0.886 bits per heavy atom. The number of para-hydroxylation sites is 1. The normalized spacial score (nSPS) is 13.6. The van der Waals surface area contributed by atoms with E-state index < -0.39 is 0 Å². The summed E-state index contributed by atoms with van der Waals surface area (Å²) in [4.78, 5) is 4.88. The number of methoxy groups -OCH3 is 2. The van der Waals surface area contributed by atoms with Crippen LogP contribution in [0.4, 0.5) is 5.69 Å². The van der Waals surface area contributed by atoms with E-state index in [0.717, 1.165) is 48.6 Å². The number of fused-ring (bicyclic) bond motifs is 2. The molecule has 0 spiro atoms. The smallest absolute Gasteiger partial charge is 0.263 e. The Bertz CT molecular complexity index is 1820. The third-order valence-electron chi connectivity index (χ3n) is 8.35. The monoisotopic (exact) mass is 602 g/mol. The van der Waals surface area contributed by atoms with Gasteiger partial charge in [0.1, 0.15) is 29.1 Å². The second-order valence-corrected chi connectivity index (χ2v) is 12.2. The summed E-state index contributed by atoms with van der Waals surface area (Å²) < 4.78 is 14.9. The van der Waals surface area contributed by atoms with Crippen LogP contribution in [0.15, 0.2) is 103 Å². The molecule has 0 atom stereocenters. The molecule has 224 valence electrons. The zero-order valence-electron chi connectivity index (χ0n) is 26.2. The summed E-state index contributed by atoms with van der Waals surface area (Å²) in [5.41, 5.74) is 8.23. The van der Waals surface area contributed by atoms with Crippen molar-refractivity contribution in [3.05, 3.63) is 119 Å². The molecular weight excluding hydrogens is 563 g/mol. The molecule has 1 aliphatic rings. The Balaban J connectivity index is 1.46. The van der Waals surface area contributed by atoms with Gasteiger partial charge in [-0.2, -0.15) is 4.57 Å². The molecule has 0 fully saturated rings. The minimum absolute atomic E-state index is 0.802. The molecule has 0 unspecified atom stereocenters. The van der Waals surface area contributed by atoms with E-state index in [-0.39, 0.29) is 0 Å². The van der Waals surface area contributed by atoms with Crippen LogP contribution in [0.3, 0.4) is 0 Å². The zero-order valence-corrected chi connectivity index (χ0v) is 27.0. The van der Waals surface area contributed by atoms with Gasteiger partial charge in [-0.25, -0.2) is 0 Å². The van der Waals surface area contributed by atoms with Crippen LogP contribution in [-0.4, -0.2) is 32.7 Å². The Morgan fingerprint density at radius 2 is 1.61 bits per heavy atom. The maximum atomic E-state index is 5.71. The first-order valence-corrected chi connectivity index (χ1v) is 16.0. The third-order valence-corrected chi connectivity index (χ3v) is 9.50. The van der Waals surface area contributed by atoms with Gasteiger partial charge in [0.2, 0.25) is 5.52 Å². The van der Waals surface area contributed by atoms with Crippen molar-refractivity contribution in [3.8, 4) is 22.6 Å². The first kappa shape index (κ1) is 29.5. The second kappa shape index (κ2) is 13.0. The summed E-state index contributed by atoms with van der Waals surface area (Å²) in [6.45, 7) is 4.08. The molecule has 5 nitrogen and oxygen atoms in total. The van der Waals surface area contributed by atoms with Gasteiger partial charge in [0.05, 0.1) is 25.5 Å². The molecule has 0 saturated carbocycles. The van der Waals surface area contributed by atoms with E-state index in [9.17, 15) is 0 Å². The standard InChI is InChI=1S/C38H40N3O2S/c1-6-7-22-39(2)36-24-29(30-16-11-12-17-31(30)41(36)26-27-14-9-8-10-15-27)25-37-40(3)32-21-20-28(23-35(32)44-37)38-33(42-4)18-13-19-34(38)43-5/h8-21,23-25H,6-7,22,26H2,1-5H3/q+1. The lowest BCUT2D eigenvalue weighted by Crippen LogP contribution is -2.36. The van der Waals surface area contributed by atoms with Gasteiger partial charge >= 0.3 is 0 Å². The molecular formula is C38H40N3O2S+. The van der Waals surface area contributed by atoms with Crippen LogP contribution < -0.4 is 18.9 Å². The third kappa shape index (κ3) is 5.70. The molecule has 0 saturated heterocycles. The summed E-state index contributed by atoms with van der Waals surface area (Å²) in [6, 6.07) is 32.1. The SMILES string of the molecule is CCCCN(C)C1=C/C(=C\c2sc3cc(-c4c(OC)cccc4OC)ccc3[n+]2C)c2ccccc2N1Cc1ccccc1. The van der Waals surface area contributed by atoms with Gasteiger partial charge < -0.3 is 19.3 Å². The number of ether oxygens (including phenoxy) is 2. The number of aromatic nitrogens is 1. The molecule has 0 aliphatic carbocycles. The van der Waals surface area contributed by atoms with Crippen LogP contribution in [-0.2, 0) is 13.6 Å². The summed E-state index contributed by atoms with van der Waals surface area (Å²) in [7, 11) is 7.79. The fraction of sp³-hybridized carbons (Fsp3) is 0.237. The summed E-state index contributed by atoms with van der Waals surface area (Å²) in [5, 5.41) is 1.19. The van der Waals surface area contributed by atoms with E-state index in [4.69, 9.17) is 9.47 Å². The lowest BCUT2D eigenvalue weighted by molar-refractivity contribution is -0.642. The average Bonchev–Trinajstić information content (AvgIpc) is 3.38. The minimum atomic E-state index is 0.802. The van der Waals surface area contributed by atoms with Crippen LogP contribution in [0.1, 0.15) is 35.9 Å². The molecule has 0 N–H and O–H groups in total. The Labute approximate surface area is 264 Å². The molecule has 1 aliphatic heterocycles. The summed E-state index contributed by atoms with van der Waals surface area (Å²) >= 11 is 1.80. The molecule has 0 bridgehead atoms. The molecule has 1 aromatic heterocycles. The van der Waals surface area contributed by atoms with Gasteiger partial charge in [0, 0.05) is 37.8 Å². The first-order valence-electron chi connectivity index (χ1n) is 15.2. The van der Waals surface area contributed by atoms with E-state index in [1.54, 1.807) is 25.6 Å². The maximum absolute atomic E-state index is 5.71. The predicted molar refractivity (Wildman–Crippen MR) is 184 cm³/mol. The summed E-state index contributed by atoms with van der Waals surface area (Å²) in [5.74, 6) is 2.83. The quantitative estimate of drug-likeness (QED) is 0.150. The predicted octanol–water partition coefficient (Wildman–Crippen LogP) is 8.54.